The monoisotopic (exact) mass is 385 g/mol. The molecule has 0 N–H and O–H groups in total. The Kier molecular flexibility index (Phi) is 4.42. The second-order valence-corrected chi connectivity index (χ2v) is 6.57. The Hall–Kier alpha value is -1.47. The lowest BCUT2D eigenvalue weighted by atomic mass is 10.1. The van der Waals surface area contributed by atoms with Gasteiger partial charge in [0.2, 0.25) is 5.82 Å². The van der Waals surface area contributed by atoms with E-state index in [1.807, 2.05) is 6.92 Å². The summed E-state index contributed by atoms with van der Waals surface area (Å²) in [6.45, 7) is 4.01. The molecule has 3 nitrogen and oxygen atoms in total. The average Bonchev–Trinajstić information content (AvgIpc) is 2.48. The molecule has 0 spiro atoms. The first-order valence-corrected chi connectivity index (χ1v) is 8.01. The van der Waals surface area contributed by atoms with E-state index < -0.39 is 12.0 Å². The van der Waals surface area contributed by atoms with Gasteiger partial charge in [0, 0.05) is 42.3 Å². The molecule has 1 aliphatic heterocycles. The first kappa shape index (κ1) is 16.4. The molecule has 0 atom stereocenters. The number of nitrogens with zero attached hydrogens (tertiary/aromatic N) is 3. The molecule has 0 radical (unpaired) electrons. The highest BCUT2D eigenvalue weighted by Gasteiger charge is 2.35. The van der Waals surface area contributed by atoms with Crippen molar-refractivity contribution in [2.45, 2.75) is 32.6 Å². The molecule has 7 heteroatoms. The summed E-state index contributed by atoms with van der Waals surface area (Å²) < 4.78 is 39.0. The lowest BCUT2D eigenvalue weighted by Crippen LogP contribution is -2.31. The number of hydrogen-bond donors (Lipinski definition) is 0. The minimum Gasteiger partial charge on any atom is -0.294 e. The van der Waals surface area contributed by atoms with Crippen LogP contribution in [0.5, 0.6) is 0 Å². The Morgan fingerprint density at radius 2 is 2.09 bits per heavy atom. The average molecular weight is 386 g/mol. The topological polar surface area (TPSA) is 29.0 Å². The van der Waals surface area contributed by atoms with Crippen LogP contribution in [0.1, 0.15) is 28.2 Å². The third-order valence-corrected chi connectivity index (χ3v) is 4.61. The van der Waals surface area contributed by atoms with Crippen molar-refractivity contribution in [2.75, 3.05) is 6.54 Å². The molecular formula is C16H15BrF3N3. The van der Waals surface area contributed by atoms with Crippen LogP contribution in [0, 0.1) is 6.92 Å². The van der Waals surface area contributed by atoms with Gasteiger partial charge in [-0.3, -0.25) is 4.90 Å². The van der Waals surface area contributed by atoms with Crippen LogP contribution in [0.2, 0.25) is 0 Å². The maximum absolute atomic E-state index is 12.7. The van der Waals surface area contributed by atoms with E-state index in [1.54, 1.807) is 0 Å². The number of hydrogen-bond acceptors (Lipinski definition) is 3. The van der Waals surface area contributed by atoms with E-state index in [4.69, 9.17) is 0 Å². The number of alkyl halides is 3. The molecule has 0 aliphatic carbocycles. The molecule has 1 aromatic carbocycles. The van der Waals surface area contributed by atoms with Crippen LogP contribution in [-0.4, -0.2) is 21.4 Å². The molecule has 122 valence electrons. The molecule has 23 heavy (non-hydrogen) atoms. The summed E-state index contributed by atoms with van der Waals surface area (Å²) in [5.41, 5.74) is 3.61. The highest BCUT2D eigenvalue weighted by atomic mass is 79.9. The molecule has 2 aromatic rings. The van der Waals surface area contributed by atoms with E-state index in [1.165, 1.54) is 11.8 Å². The number of aromatic nitrogens is 2. The van der Waals surface area contributed by atoms with Gasteiger partial charge in [-0.05, 0) is 24.1 Å². The summed E-state index contributed by atoms with van der Waals surface area (Å²) in [6, 6.07) is 6.18. The fourth-order valence-corrected chi connectivity index (χ4v) is 3.29. The summed E-state index contributed by atoms with van der Waals surface area (Å²) in [5.74, 6) is -1.05. The number of halogens is 4. The second-order valence-electron chi connectivity index (χ2n) is 5.72. The molecule has 0 saturated heterocycles. The summed E-state index contributed by atoms with van der Waals surface area (Å²) in [4.78, 5) is 9.33. The van der Waals surface area contributed by atoms with E-state index in [2.05, 4.69) is 49.0 Å². The SMILES string of the molecule is Cc1ccc(CN2CCc3nc(C(F)(F)F)ncc3C2)c(Br)c1. The maximum atomic E-state index is 12.7. The lowest BCUT2D eigenvalue weighted by molar-refractivity contribution is -0.145. The molecule has 0 saturated carbocycles. The van der Waals surface area contributed by atoms with Crippen molar-refractivity contribution in [3.05, 3.63) is 57.1 Å². The number of aryl methyl sites for hydroxylation is 1. The zero-order valence-electron chi connectivity index (χ0n) is 12.5. The standard InChI is InChI=1S/C16H15BrF3N3/c1-10-2-3-11(13(17)6-10)8-23-5-4-14-12(9-23)7-21-15(22-14)16(18,19)20/h2-3,6-7H,4-5,8-9H2,1H3. The predicted molar refractivity (Wildman–Crippen MR) is 83.7 cm³/mol. The Balaban J connectivity index is 1.75. The van der Waals surface area contributed by atoms with Gasteiger partial charge >= 0.3 is 6.18 Å². The van der Waals surface area contributed by atoms with Crippen LogP contribution in [0.4, 0.5) is 13.2 Å². The van der Waals surface area contributed by atoms with Gasteiger partial charge in [0.1, 0.15) is 0 Å². The number of benzene rings is 1. The van der Waals surface area contributed by atoms with Gasteiger partial charge in [0.05, 0.1) is 5.69 Å². The first-order chi connectivity index (χ1) is 10.8. The number of rotatable bonds is 2. The molecule has 3 rings (SSSR count). The van der Waals surface area contributed by atoms with Crippen molar-refractivity contribution in [3.63, 3.8) is 0 Å². The van der Waals surface area contributed by atoms with Crippen molar-refractivity contribution in [1.29, 1.82) is 0 Å². The summed E-state index contributed by atoms with van der Waals surface area (Å²) in [5, 5.41) is 0. The van der Waals surface area contributed by atoms with Crippen LogP contribution in [0.15, 0.2) is 28.9 Å². The van der Waals surface area contributed by atoms with Gasteiger partial charge in [-0.1, -0.05) is 28.1 Å². The highest BCUT2D eigenvalue weighted by Crippen LogP contribution is 2.28. The Bertz CT molecular complexity index is 731. The minimum absolute atomic E-state index is 0.504. The molecule has 1 aliphatic rings. The van der Waals surface area contributed by atoms with Crippen molar-refractivity contribution in [3.8, 4) is 0 Å². The third kappa shape index (κ3) is 3.72. The minimum atomic E-state index is -4.49. The van der Waals surface area contributed by atoms with Gasteiger partial charge in [0.15, 0.2) is 0 Å². The van der Waals surface area contributed by atoms with Gasteiger partial charge in [-0.2, -0.15) is 13.2 Å². The van der Waals surface area contributed by atoms with Crippen molar-refractivity contribution >= 4 is 15.9 Å². The van der Waals surface area contributed by atoms with Crippen LogP contribution < -0.4 is 0 Å². The van der Waals surface area contributed by atoms with Gasteiger partial charge in [-0.15, -0.1) is 0 Å². The smallest absolute Gasteiger partial charge is 0.294 e. The zero-order valence-corrected chi connectivity index (χ0v) is 14.1. The van der Waals surface area contributed by atoms with Gasteiger partial charge in [0.25, 0.3) is 0 Å². The van der Waals surface area contributed by atoms with E-state index in [9.17, 15) is 13.2 Å². The van der Waals surface area contributed by atoms with Crippen molar-refractivity contribution < 1.29 is 13.2 Å². The summed E-state index contributed by atoms with van der Waals surface area (Å²) in [7, 11) is 0. The van der Waals surface area contributed by atoms with Gasteiger partial charge < -0.3 is 0 Å². The van der Waals surface area contributed by atoms with Crippen molar-refractivity contribution in [1.82, 2.24) is 14.9 Å². The zero-order chi connectivity index (χ0) is 16.6. The largest absolute Gasteiger partial charge is 0.451 e. The van der Waals surface area contributed by atoms with E-state index in [0.29, 0.717) is 25.2 Å². The molecule has 2 heterocycles. The third-order valence-electron chi connectivity index (χ3n) is 3.87. The number of fused-ring (bicyclic) bond motifs is 1. The summed E-state index contributed by atoms with van der Waals surface area (Å²) in [6.07, 6.45) is -2.68. The fraction of sp³-hybridized carbons (Fsp3) is 0.375. The van der Waals surface area contributed by atoms with Crippen LogP contribution >= 0.6 is 15.9 Å². The molecule has 0 unspecified atom stereocenters. The van der Waals surface area contributed by atoms with Crippen LogP contribution in [-0.2, 0) is 25.7 Å². The molecular weight excluding hydrogens is 371 g/mol. The Morgan fingerprint density at radius 1 is 1.30 bits per heavy atom. The molecule has 1 aromatic heterocycles. The Labute approximate surface area is 140 Å². The molecule has 0 amide bonds. The van der Waals surface area contributed by atoms with Crippen molar-refractivity contribution in [2.24, 2.45) is 0 Å². The highest BCUT2D eigenvalue weighted by molar-refractivity contribution is 9.10. The Morgan fingerprint density at radius 3 is 2.78 bits per heavy atom. The molecule has 0 bridgehead atoms. The lowest BCUT2D eigenvalue weighted by Gasteiger charge is -2.28. The summed E-state index contributed by atoms with van der Waals surface area (Å²) >= 11 is 3.56. The quantitative estimate of drug-likeness (QED) is 0.778. The predicted octanol–water partition coefficient (Wildman–Crippen LogP) is 4.12. The second kappa shape index (κ2) is 6.20. The van der Waals surface area contributed by atoms with Crippen LogP contribution in [0.25, 0.3) is 0 Å². The normalized spacial score (nSPS) is 15.5. The van der Waals surface area contributed by atoms with E-state index >= 15 is 0 Å². The van der Waals surface area contributed by atoms with Gasteiger partial charge in [-0.25, -0.2) is 9.97 Å². The van der Waals surface area contributed by atoms with E-state index in [0.717, 1.165) is 22.1 Å². The van der Waals surface area contributed by atoms with Crippen LogP contribution in [0.3, 0.4) is 0 Å². The first-order valence-electron chi connectivity index (χ1n) is 7.22. The van der Waals surface area contributed by atoms with E-state index in [-0.39, 0.29) is 0 Å². The molecule has 0 fully saturated rings. The fourth-order valence-electron chi connectivity index (χ4n) is 2.67. The maximum Gasteiger partial charge on any atom is 0.451 e.